The van der Waals surface area contributed by atoms with E-state index < -0.39 is 4.92 Å². The molecule has 0 aliphatic rings. The number of hydrogen-bond acceptors (Lipinski definition) is 4. The Hall–Kier alpha value is -1.95. The monoisotopic (exact) mass is 209 g/mol. The Balaban J connectivity index is 2.76. The molecule has 0 saturated heterocycles. The van der Waals surface area contributed by atoms with E-state index in [0.29, 0.717) is 12.0 Å². The molecule has 0 heterocycles. The Bertz CT molecular complexity index is 379. The van der Waals surface area contributed by atoms with Gasteiger partial charge in [-0.1, -0.05) is 18.2 Å². The second-order valence-corrected chi connectivity index (χ2v) is 2.95. The third-order valence-corrected chi connectivity index (χ3v) is 1.97. The van der Waals surface area contributed by atoms with E-state index in [4.69, 9.17) is 5.84 Å². The summed E-state index contributed by atoms with van der Waals surface area (Å²) in [6.07, 6.45) is 0.446. The van der Waals surface area contributed by atoms with E-state index in [1.165, 1.54) is 6.07 Å². The van der Waals surface area contributed by atoms with E-state index in [1.807, 2.05) is 5.43 Å². The second kappa shape index (κ2) is 5.06. The Morgan fingerprint density at radius 1 is 1.47 bits per heavy atom. The van der Waals surface area contributed by atoms with Crippen molar-refractivity contribution in [2.24, 2.45) is 5.84 Å². The first-order chi connectivity index (χ1) is 7.15. The SMILES string of the molecule is NNC(=O)CCc1ccccc1[N+](=O)[O-]. The average Bonchev–Trinajstić information content (AvgIpc) is 2.26. The highest BCUT2D eigenvalue weighted by Gasteiger charge is 2.12. The summed E-state index contributed by atoms with van der Waals surface area (Å²) >= 11 is 0. The maximum Gasteiger partial charge on any atom is 0.272 e. The number of hydrazine groups is 1. The molecule has 0 aliphatic carbocycles. The van der Waals surface area contributed by atoms with Crippen molar-refractivity contribution in [1.29, 1.82) is 0 Å². The number of nitro groups is 1. The molecule has 1 aromatic carbocycles. The Morgan fingerprint density at radius 3 is 2.73 bits per heavy atom. The summed E-state index contributed by atoms with van der Waals surface area (Å²) in [5.41, 5.74) is 2.54. The lowest BCUT2D eigenvalue weighted by Gasteiger charge is -2.01. The fraction of sp³-hybridized carbons (Fsp3) is 0.222. The minimum Gasteiger partial charge on any atom is -0.294 e. The van der Waals surface area contributed by atoms with Crippen molar-refractivity contribution in [3.8, 4) is 0 Å². The molecular formula is C9H11N3O3. The van der Waals surface area contributed by atoms with Gasteiger partial charge in [0.15, 0.2) is 0 Å². The minimum atomic E-state index is -0.463. The molecule has 1 aromatic rings. The quantitative estimate of drug-likeness (QED) is 0.327. The largest absolute Gasteiger partial charge is 0.294 e. The van der Waals surface area contributed by atoms with Gasteiger partial charge in [0.25, 0.3) is 5.69 Å². The van der Waals surface area contributed by atoms with Gasteiger partial charge in [0.05, 0.1) is 4.92 Å². The highest BCUT2D eigenvalue weighted by atomic mass is 16.6. The molecule has 0 unspecified atom stereocenters. The van der Waals surface area contributed by atoms with E-state index in [2.05, 4.69) is 0 Å². The van der Waals surface area contributed by atoms with Gasteiger partial charge in [0.2, 0.25) is 5.91 Å². The Labute approximate surface area is 86.2 Å². The third kappa shape index (κ3) is 3.03. The molecule has 0 radical (unpaired) electrons. The summed E-state index contributed by atoms with van der Waals surface area (Å²) in [6.45, 7) is 0. The number of nitrogens with zero attached hydrogens (tertiary/aromatic N) is 1. The van der Waals surface area contributed by atoms with Crippen molar-refractivity contribution in [2.75, 3.05) is 0 Å². The number of carbonyl (C=O) groups excluding carboxylic acids is 1. The summed E-state index contributed by atoms with van der Waals surface area (Å²) in [5.74, 6) is 4.56. The van der Waals surface area contributed by atoms with Gasteiger partial charge in [-0.2, -0.15) is 0 Å². The van der Waals surface area contributed by atoms with Crippen molar-refractivity contribution in [3.05, 3.63) is 39.9 Å². The van der Waals surface area contributed by atoms with Gasteiger partial charge in [-0.15, -0.1) is 0 Å². The molecule has 0 aromatic heterocycles. The fourth-order valence-electron chi connectivity index (χ4n) is 1.22. The molecule has 6 nitrogen and oxygen atoms in total. The Kier molecular flexibility index (Phi) is 3.75. The molecule has 0 saturated carbocycles. The lowest BCUT2D eigenvalue weighted by Crippen LogP contribution is -2.30. The molecule has 0 fully saturated rings. The van der Waals surface area contributed by atoms with Crippen LogP contribution < -0.4 is 11.3 Å². The molecule has 15 heavy (non-hydrogen) atoms. The molecule has 0 bridgehead atoms. The number of hydrogen-bond donors (Lipinski definition) is 2. The molecular weight excluding hydrogens is 198 g/mol. The summed E-state index contributed by atoms with van der Waals surface area (Å²) in [6, 6.07) is 6.32. The molecule has 1 amide bonds. The van der Waals surface area contributed by atoms with Gasteiger partial charge >= 0.3 is 0 Å². The lowest BCUT2D eigenvalue weighted by atomic mass is 10.1. The van der Waals surface area contributed by atoms with Crippen LogP contribution in [0.5, 0.6) is 0 Å². The molecule has 1 rings (SSSR count). The van der Waals surface area contributed by atoms with Gasteiger partial charge < -0.3 is 0 Å². The number of benzene rings is 1. The summed E-state index contributed by atoms with van der Waals surface area (Å²) in [7, 11) is 0. The first kappa shape index (κ1) is 11.1. The summed E-state index contributed by atoms with van der Waals surface area (Å²) in [4.78, 5) is 21.0. The minimum absolute atomic E-state index is 0.0299. The van der Waals surface area contributed by atoms with Crippen molar-refractivity contribution in [1.82, 2.24) is 5.43 Å². The summed E-state index contributed by atoms with van der Waals surface area (Å²) in [5, 5.41) is 10.6. The molecule has 0 aliphatic heterocycles. The van der Waals surface area contributed by atoms with Crippen LogP contribution >= 0.6 is 0 Å². The van der Waals surface area contributed by atoms with Crippen molar-refractivity contribution >= 4 is 11.6 Å². The van der Waals surface area contributed by atoms with Crippen molar-refractivity contribution < 1.29 is 9.72 Å². The Morgan fingerprint density at radius 2 is 2.13 bits per heavy atom. The maximum absolute atomic E-state index is 10.9. The van der Waals surface area contributed by atoms with Crippen LogP contribution in [0.25, 0.3) is 0 Å². The number of nitrogens with two attached hydrogens (primary N) is 1. The van der Waals surface area contributed by atoms with E-state index in [0.717, 1.165) is 0 Å². The summed E-state index contributed by atoms with van der Waals surface area (Å²) < 4.78 is 0. The second-order valence-electron chi connectivity index (χ2n) is 2.95. The zero-order chi connectivity index (χ0) is 11.3. The van der Waals surface area contributed by atoms with Crippen molar-refractivity contribution in [3.63, 3.8) is 0 Å². The van der Waals surface area contributed by atoms with Gasteiger partial charge in [-0.3, -0.25) is 20.3 Å². The van der Waals surface area contributed by atoms with E-state index >= 15 is 0 Å². The topological polar surface area (TPSA) is 98.3 Å². The van der Waals surface area contributed by atoms with Crippen LogP contribution in [0.4, 0.5) is 5.69 Å². The van der Waals surface area contributed by atoms with Crippen LogP contribution in [0.1, 0.15) is 12.0 Å². The van der Waals surface area contributed by atoms with Crippen LogP contribution in [0.15, 0.2) is 24.3 Å². The first-order valence-electron chi connectivity index (χ1n) is 4.37. The van der Waals surface area contributed by atoms with Gasteiger partial charge in [0, 0.05) is 18.1 Å². The smallest absolute Gasteiger partial charge is 0.272 e. The molecule has 0 atom stereocenters. The maximum atomic E-state index is 10.9. The van der Waals surface area contributed by atoms with Crippen molar-refractivity contribution in [2.45, 2.75) is 12.8 Å². The standard InChI is InChI=1S/C9H11N3O3/c10-11-9(13)6-5-7-3-1-2-4-8(7)12(14)15/h1-4H,5-6,10H2,(H,11,13). The van der Waals surface area contributed by atoms with Gasteiger partial charge in [0.1, 0.15) is 0 Å². The predicted octanol–water partition coefficient (Wildman–Crippen LogP) is 0.517. The normalized spacial score (nSPS) is 9.67. The fourth-order valence-corrected chi connectivity index (χ4v) is 1.22. The van der Waals surface area contributed by atoms with Crippen LogP contribution in [0, 0.1) is 10.1 Å². The number of nitrogens with one attached hydrogen (secondary N) is 1. The number of carbonyl (C=O) groups is 1. The van der Waals surface area contributed by atoms with E-state index in [9.17, 15) is 14.9 Å². The highest BCUT2D eigenvalue weighted by molar-refractivity contribution is 5.75. The van der Waals surface area contributed by atoms with Crippen LogP contribution in [-0.4, -0.2) is 10.8 Å². The predicted molar refractivity (Wildman–Crippen MR) is 53.7 cm³/mol. The number of nitro benzene ring substituents is 1. The van der Waals surface area contributed by atoms with E-state index in [1.54, 1.807) is 18.2 Å². The molecule has 3 N–H and O–H groups in total. The number of para-hydroxylation sites is 1. The van der Waals surface area contributed by atoms with Gasteiger partial charge in [-0.05, 0) is 6.42 Å². The zero-order valence-electron chi connectivity index (χ0n) is 7.97. The molecule has 0 spiro atoms. The van der Waals surface area contributed by atoms with Gasteiger partial charge in [-0.25, -0.2) is 5.84 Å². The molecule has 6 heteroatoms. The van der Waals surface area contributed by atoms with Crippen LogP contribution in [0.2, 0.25) is 0 Å². The zero-order valence-corrected chi connectivity index (χ0v) is 7.97. The highest BCUT2D eigenvalue weighted by Crippen LogP contribution is 2.18. The number of rotatable bonds is 4. The molecule has 80 valence electrons. The van der Waals surface area contributed by atoms with Crippen LogP contribution in [0.3, 0.4) is 0 Å². The van der Waals surface area contributed by atoms with E-state index in [-0.39, 0.29) is 18.0 Å². The van der Waals surface area contributed by atoms with Crippen LogP contribution in [-0.2, 0) is 11.2 Å². The number of amides is 1. The number of aryl methyl sites for hydroxylation is 1. The first-order valence-corrected chi connectivity index (χ1v) is 4.37. The average molecular weight is 209 g/mol. The lowest BCUT2D eigenvalue weighted by molar-refractivity contribution is -0.385. The third-order valence-electron chi connectivity index (χ3n) is 1.97.